The molecule has 0 saturated carbocycles. The van der Waals surface area contributed by atoms with Crippen molar-refractivity contribution < 1.29 is 22.7 Å². The highest BCUT2D eigenvalue weighted by molar-refractivity contribution is 6.33. The van der Waals surface area contributed by atoms with E-state index < -0.39 is 17.6 Å². The first-order chi connectivity index (χ1) is 19.6. The van der Waals surface area contributed by atoms with E-state index in [4.69, 9.17) is 16.3 Å². The normalized spacial score (nSPS) is 20.9. The number of hydrogen-bond donors (Lipinski definition) is 2. The predicted molar refractivity (Wildman–Crippen MR) is 147 cm³/mol. The van der Waals surface area contributed by atoms with Crippen LogP contribution in [0.25, 0.3) is 11.4 Å². The van der Waals surface area contributed by atoms with Crippen LogP contribution in [0.3, 0.4) is 0 Å². The van der Waals surface area contributed by atoms with Crippen LogP contribution in [0.1, 0.15) is 30.4 Å². The van der Waals surface area contributed by atoms with Gasteiger partial charge < -0.3 is 24.8 Å². The zero-order valence-electron chi connectivity index (χ0n) is 22.3. The molecule has 0 radical (unpaired) electrons. The number of fused-ring (bicyclic) bond motifs is 2. The van der Waals surface area contributed by atoms with Crippen molar-refractivity contribution >= 4 is 40.2 Å². The Labute approximate surface area is 238 Å². The lowest BCUT2D eigenvalue weighted by atomic mass is 10.0. The Balaban J connectivity index is 1.40. The van der Waals surface area contributed by atoms with Gasteiger partial charge in [-0.05, 0) is 48.4 Å². The average molecular weight is 592 g/mol. The zero-order chi connectivity index (χ0) is 28.9. The van der Waals surface area contributed by atoms with Crippen molar-refractivity contribution in [1.29, 1.82) is 0 Å². The van der Waals surface area contributed by atoms with Crippen LogP contribution < -0.4 is 21.1 Å². The third-order valence-electron chi connectivity index (χ3n) is 7.99. The number of benzene rings is 1. The van der Waals surface area contributed by atoms with Crippen molar-refractivity contribution in [2.24, 2.45) is 11.8 Å². The van der Waals surface area contributed by atoms with E-state index in [1.165, 1.54) is 4.52 Å². The second kappa shape index (κ2) is 10.8. The molecular formula is C27H29ClF3N7O3. The van der Waals surface area contributed by atoms with Crippen molar-refractivity contribution in [2.75, 3.05) is 49.6 Å². The van der Waals surface area contributed by atoms with E-state index in [0.29, 0.717) is 68.2 Å². The number of carbonyl (C=O) groups is 1. The molecule has 10 nitrogen and oxygen atoms in total. The fourth-order valence-corrected chi connectivity index (χ4v) is 6.19. The summed E-state index contributed by atoms with van der Waals surface area (Å²) in [6.07, 6.45) is -1.65. The molecule has 3 aliphatic heterocycles. The first-order valence-electron chi connectivity index (χ1n) is 13.6. The summed E-state index contributed by atoms with van der Waals surface area (Å²) in [5.41, 5.74) is 0.835. The van der Waals surface area contributed by atoms with Gasteiger partial charge in [0.15, 0.2) is 5.82 Å². The summed E-state index contributed by atoms with van der Waals surface area (Å²) in [7, 11) is 0. The van der Waals surface area contributed by atoms with Gasteiger partial charge in [0.25, 0.3) is 5.56 Å². The van der Waals surface area contributed by atoms with Gasteiger partial charge in [-0.2, -0.15) is 22.7 Å². The Hall–Kier alpha value is -3.42. The Morgan fingerprint density at radius 3 is 2.63 bits per heavy atom. The number of alkyl halides is 3. The second-order valence-corrected chi connectivity index (χ2v) is 11.0. The number of carbonyl (C=O) groups excluding carboxylic acids is 1. The molecule has 14 heteroatoms. The molecular weight excluding hydrogens is 563 g/mol. The van der Waals surface area contributed by atoms with Crippen LogP contribution in [-0.2, 0) is 28.7 Å². The number of ether oxygens (including phenoxy) is 1. The Morgan fingerprint density at radius 1 is 1.24 bits per heavy atom. The fourth-order valence-electron chi connectivity index (χ4n) is 5.96. The minimum absolute atomic E-state index is 0.0504. The van der Waals surface area contributed by atoms with Gasteiger partial charge in [0, 0.05) is 26.2 Å². The first-order valence-corrected chi connectivity index (χ1v) is 13.9. The van der Waals surface area contributed by atoms with Gasteiger partial charge in [-0.3, -0.25) is 9.59 Å². The average Bonchev–Trinajstić information content (AvgIpc) is 3.67. The van der Waals surface area contributed by atoms with E-state index >= 15 is 0 Å². The zero-order valence-corrected chi connectivity index (χ0v) is 23.1. The van der Waals surface area contributed by atoms with E-state index in [2.05, 4.69) is 25.6 Å². The predicted octanol–water partition coefficient (Wildman–Crippen LogP) is 3.22. The molecule has 1 amide bonds. The molecule has 2 atom stereocenters. The van der Waals surface area contributed by atoms with Crippen LogP contribution in [-0.4, -0.2) is 64.5 Å². The van der Waals surface area contributed by atoms with Crippen LogP contribution in [0.2, 0.25) is 5.02 Å². The minimum Gasteiger partial charge on any atom is -0.377 e. The minimum atomic E-state index is -4.56. The van der Waals surface area contributed by atoms with E-state index in [1.807, 2.05) is 13.0 Å². The fraction of sp³-hybridized carbons (Fsp3) is 0.481. The molecule has 3 aromatic rings. The number of halogens is 4. The number of rotatable bonds is 6. The number of nitrogens with zero attached hydrogens (tertiary/aromatic N) is 5. The molecule has 2 aromatic heterocycles. The third kappa shape index (κ3) is 5.22. The molecule has 3 aliphatic rings. The van der Waals surface area contributed by atoms with E-state index in [0.717, 1.165) is 36.9 Å². The van der Waals surface area contributed by atoms with E-state index in [9.17, 15) is 22.8 Å². The number of hydrogen-bond acceptors (Lipinski definition) is 7. The molecule has 2 unspecified atom stereocenters. The lowest BCUT2D eigenvalue weighted by molar-refractivity contribution is -0.137. The molecule has 1 aromatic carbocycles. The maximum absolute atomic E-state index is 13.9. The summed E-state index contributed by atoms with van der Waals surface area (Å²) in [4.78, 5) is 34.0. The lowest BCUT2D eigenvalue weighted by Crippen LogP contribution is -2.36. The summed E-state index contributed by atoms with van der Waals surface area (Å²) in [6, 6.07) is 2.76. The molecule has 0 bridgehead atoms. The monoisotopic (exact) mass is 591 g/mol. The van der Waals surface area contributed by atoms with Crippen molar-refractivity contribution in [2.45, 2.75) is 32.5 Å². The van der Waals surface area contributed by atoms with Crippen molar-refractivity contribution in [3.63, 3.8) is 0 Å². The molecule has 0 aliphatic carbocycles. The largest absolute Gasteiger partial charge is 0.416 e. The van der Waals surface area contributed by atoms with Crippen LogP contribution in [0.4, 0.5) is 24.5 Å². The lowest BCUT2D eigenvalue weighted by Gasteiger charge is -2.25. The Morgan fingerprint density at radius 2 is 2.00 bits per heavy atom. The SMILES string of the molecule is CCc1c(N2CC3CNCC3C2)c(=O)n2nc(C3=CCOCC3)nc2n1CC(=O)Nc1ccc(C(F)(F)F)cc1Cl. The topological polar surface area (TPSA) is 106 Å². The van der Waals surface area contributed by atoms with Gasteiger partial charge in [-0.1, -0.05) is 24.6 Å². The number of aromatic nitrogens is 4. The molecule has 0 spiro atoms. The second-order valence-electron chi connectivity index (χ2n) is 10.6. The van der Waals surface area contributed by atoms with Crippen molar-refractivity contribution in [1.82, 2.24) is 24.5 Å². The number of anilines is 2. The highest BCUT2D eigenvalue weighted by Crippen LogP contribution is 2.34. The summed E-state index contributed by atoms with van der Waals surface area (Å²) < 4.78 is 47.6. The highest BCUT2D eigenvalue weighted by atomic mass is 35.5. The van der Waals surface area contributed by atoms with E-state index in [-0.39, 0.29) is 28.6 Å². The van der Waals surface area contributed by atoms with Gasteiger partial charge in [0.2, 0.25) is 11.7 Å². The van der Waals surface area contributed by atoms with E-state index in [1.54, 1.807) is 4.57 Å². The van der Waals surface area contributed by atoms with Gasteiger partial charge in [0.1, 0.15) is 12.2 Å². The molecule has 41 heavy (non-hydrogen) atoms. The van der Waals surface area contributed by atoms with Crippen molar-refractivity contribution in [3.8, 4) is 0 Å². The number of amides is 1. The maximum Gasteiger partial charge on any atom is 0.416 e. The van der Waals surface area contributed by atoms with Crippen LogP contribution in [0.5, 0.6) is 0 Å². The molecule has 2 saturated heterocycles. The molecule has 2 N–H and O–H groups in total. The van der Waals surface area contributed by atoms with Gasteiger partial charge in [0.05, 0.1) is 35.2 Å². The van der Waals surface area contributed by atoms with Gasteiger partial charge in [-0.15, -0.1) is 5.10 Å². The molecule has 6 rings (SSSR count). The maximum atomic E-state index is 13.9. The molecule has 218 valence electrons. The quantitative estimate of drug-likeness (QED) is 0.453. The molecule has 2 fully saturated rings. The van der Waals surface area contributed by atoms with Gasteiger partial charge in [-0.25, -0.2) is 0 Å². The standard InChI is InChI=1S/C27H29ClF3N7O3/c1-2-21-23(36-12-16-10-32-11-17(16)13-36)25(40)38-26(34-24(35-38)15-5-7-41-8-6-15)37(21)14-22(39)33-20-4-3-18(9-19(20)28)27(29,30)31/h3-5,9,16-17,32H,2,6-8,10-14H2,1H3,(H,33,39). The van der Waals surface area contributed by atoms with Gasteiger partial charge >= 0.3 is 6.18 Å². The third-order valence-corrected chi connectivity index (χ3v) is 8.30. The summed E-state index contributed by atoms with van der Waals surface area (Å²) >= 11 is 6.09. The Bertz CT molecular complexity index is 1590. The van der Waals surface area contributed by atoms with Crippen molar-refractivity contribution in [3.05, 3.63) is 56.7 Å². The molecule has 5 heterocycles. The summed E-state index contributed by atoms with van der Waals surface area (Å²) in [6.45, 7) is 5.79. The number of nitrogens with one attached hydrogen (secondary N) is 2. The highest BCUT2D eigenvalue weighted by Gasteiger charge is 2.39. The summed E-state index contributed by atoms with van der Waals surface area (Å²) in [5, 5.41) is 10.4. The van der Waals surface area contributed by atoms with Crippen LogP contribution in [0, 0.1) is 11.8 Å². The van der Waals surface area contributed by atoms with Crippen LogP contribution >= 0.6 is 11.6 Å². The Kier molecular flexibility index (Phi) is 7.28. The van der Waals surface area contributed by atoms with Crippen LogP contribution in [0.15, 0.2) is 29.1 Å². The first kappa shape index (κ1) is 27.7. The summed E-state index contributed by atoms with van der Waals surface area (Å²) in [5.74, 6) is 0.925. The smallest absolute Gasteiger partial charge is 0.377 e.